The number of aryl methyl sites for hydroxylation is 1. The second kappa shape index (κ2) is 5.61. The Hall–Kier alpha value is -3.30. The number of halogens is 3. The molecule has 132 valence electrons. The van der Waals surface area contributed by atoms with Gasteiger partial charge in [0, 0.05) is 11.9 Å². The highest BCUT2D eigenvalue weighted by Gasteiger charge is 2.36. The van der Waals surface area contributed by atoms with Crippen molar-refractivity contribution in [3.63, 3.8) is 0 Å². The fourth-order valence-corrected chi connectivity index (χ4v) is 2.62. The van der Waals surface area contributed by atoms with Gasteiger partial charge in [-0.2, -0.15) is 22.7 Å². The summed E-state index contributed by atoms with van der Waals surface area (Å²) in [6, 6.07) is 8.83. The normalized spacial score (nSPS) is 12.2. The molecule has 0 spiro atoms. The standard InChI is InChI=1S/C16H11F3N6O/c1-2-9-3-5-10(6-4-9)24-8-7-11-12(13(24)26)21-22-15-20-14(16(17,18)19)23-25(11)15/h3-8H,2H2,1H3. The molecule has 0 aliphatic carbocycles. The summed E-state index contributed by atoms with van der Waals surface area (Å²) in [5, 5.41) is 10.8. The maximum Gasteiger partial charge on any atom is 0.453 e. The third-order valence-corrected chi connectivity index (χ3v) is 3.98. The van der Waals surface area contributed by atoms with Gasteiger partial charge in [0.15, 0.2) is 5.52 Å². The van der Waals surface area contributed by atoms with Gasteiger partial charge in [0.1, 0.15) is 5.52 Å². The minimum absolute atomic E-state index is 0.0989. The number of hydrogen-bond acceptors (Lipinski definition) is 5. The molecule has 26 heavy (non-hydrogen) atoms. The zero-order valence-corrected chi connectivity index (χ0v) is 13.4. The van der Waals surface area contributed by atoms with Crippen molar-refractivity contribution < 1.29 is 13.2 Å². The molecule has 0 aliphatic rings. The Labute approximate surface area is 143 Å². The molecule has 4 rings (SSSR count). The average Bonchev–Trinajstić information content (AvgIpc) is 3.07. The summed E-state index contributed by atoms with van der Waals surface area (Å²) in [6.45, 7) is 2.02. The number of alkyl halides is 3. The van der Waals surface area contributed by atoms with Gasteiger partial charge in [0.05, 0.1) is 0 Å². The molecule has 7 nitrogen and oxygen atoms in total. The lowest BCUT2D eigenvalue weighted by Crippen LogP contribution is -2.20. The van der Waals surface area contributed by atoms with Crippen LogP contribution in [0.5, 0.6) is 0 Å². The van der Waals surface area contributed by atoms with Crippen LogP contribution in [-0.2, 0) is 12.6 Å². The molecule has 0 N–H and O–H groups in total. The van der Waals surface area contributed by atoms with Crippen molar-refractivity contribution in [3.05, 3.63) is 58.3 Å². The Morgan fingerprint density at radius 2 is 1.81 bits per heavy atom. The molecule has 0 unspecified atom stereocenters. The Morgan fingerprint density at radius 3 is 2.46 bits per heavy atom. The molecule has 0 amide bonds. The van der Waals surface area contributed by atoms with E-state index in [1.54, 1.807) is 12.1 Å². The fraction of sp³-hybridized carbons (Fsp3) is 0.188. The van der Waals surface area contributed by atoms with E-state index >= 15 is 0 Å². The summed E-state index contributed by atoms with van der Waals surface area (Å²) in [7, 11) is 0. The zero-order chi connectivity index (χ0) is 18.5. The van der Waals surface area contributed by atoms with Crippen molar-refractivity contribution in [2.75, 3.05) is 0 Å². The Kier molecular flexibility index (Phi) is 3.49. The highest BCUT2D eigenvalue weighted by molar-refractivity contribution is 5.74. The third kappa shape index (κ3) is 2.50. The van der Waals surface area contributed by atoms with Gasteiger partial charge < -0.3 is 0 Å². The lowest BCUT2D eigenvalue weighted by Gasteiger charge is -2.07. The average molecular weight is 360 g/mol. The number of aromatic nitrogens is 6. The lowest BCUT2D eigenvalue weighted by atomic mass is 10.1. The van der Waals surface area contributed by atoms with Crippen molar-refractivity contribution in [2.24, 2.45) is 0 Å². The summed E-state index contributed by atoms with van der Waals surface area (Å²) in [5.74, 6) is -1.66. The predicted molar refractivity (Wildman–Crippen MR) is 86.1 cm³/mol. The second-order valence-corrected chi connectivity index (χ2v) is 5.59. The van der Waals surface area contributed by atoms with Crippen LogP contribution in [0.2, 0.25) is 0 Å². The maximum atomic E-state index is 12.8. The van der Waals surface area contributed by atoms with Gasteiger partial charge in [0.25, 0.3) is 17.2 Å². The van der Waals surface area contributed by atoms with Crippen LogP contribution >= 0.6 is 0 Å². The Balaban J connectivity index is 1.92. The molecule has 0 atom stereocenters. The number of rotatable bonds is 2. The number of nitrogens with zero attached hydrogens (tertiary/aromatic N) is 6. The topological polar surface area (TPSA) is 78.0 Å². The first-order valence-electron chi connectivity index (χ1n) is 7.70. The largest absolute Gasteiger partial charge is 0.453 e. The zero-order valence-electron chi connectivity index (χ0n) is 13.4. The molecule has 1 aromatic carbocycles. The highest BCUT2D eigenvalue weighted by atomic mass is 19.4. The van der Waals surface area contributed by atoms with Gasteiger partial charge in [-0.3, -0.25) is 9.36 Å². The fourth-order valence-electron chi connectivity index (χ4n) is 2.62. The first-order chi connectivity index (χ1) is 12.4. The van der Waals surface area contributed by atoms with E-state index in [2.05, 4.69) is 20.3 Å². The quantitative estimate of drug-likeness (QED) is 0.549. The Bertz CT molecular complexity index is 1180. The minimum Gasteiger partial charge on any atom is -0.282 e. The lowest BCUT2D eigenvalue weighted by molar-refractivity contribution is -0.144. The van der Waals surface area contributed by atoms with Crippen LogP contribution in [0.25, 0.3) is 22.5 Å². The SMILES string of the molecule is CCc1ccc(-n2ccc3c(nnc4nc(C(F)(F)F)nn43)c2=O)cc1. The van der Waals surface area contributed by atoms with Crippen molar-refractivity contribution in [2.45, 2.75) is 19.5 Å². The molecular formula is C16H11F3N6O. The van der Waals surface area contributed by atoms with Crippen molar-refractivity contribution in [1.82, 2.24) is 29.4 Å². The Morgan fingerprint density at radius 1 is 1.08 bits per heavy atom. The summed E-state index contributed by atoms with van der Waals surface area (Å²) >= 11 is 0. The van der Waals surface area contributed by atoms with Crippen LogP contribution in [0, 0.1) is 0 Å². The summed E-state index contributed by atoms with van der Waals surface area (Å²) in [6.07, 6.45) is -2.39. The molecule has 3 aromatic heterocycles. The molecule has 0 saturated carbocycles. The number of pyridine rings is 1. The molecule has 0 fully saturated rings. The van der Waals surface area contributed by atoms with E-state index in [4.69, 9.17) is 0 Å². The van der Waals surface area contributed by atoms with E-state index in [9.17, 15) is 18.0 Å². The minimum atomic E-state index is -4.71. The maximum absolute atomic E-state index is 12.8. The first-order valence-corrected chi connectivity index (χ1v) is 7.70. The third-order valence-electron chi connectivity index (χ3n) is 3.98. The van der Waals surface area contributed by atoms with Crippen LogP contribution in [0.15, 0.2) is 41.3 Å². The molecule has 0 bridgehead atoms. The second-order valence-electron chi connectivity index (χ2n) is 5.59. The molecule has 4 aromatic rings. The summed E-state index contributed by atoms with van der Waals surface area (Å²) in [4.78, 5) is 16.0. The van der Waals surface area contributed by atoms with Gasteiger partial charge in [-0.05, 0) is 30.2 Å². The van der Waals surface area contributed by atoms with E-state index < -0.39 is 17.6 Å². The van der Waals surface area contributed by atoms with Crippen molar-refractivity contribution in [1.29, 1.82) is 0 Å². The van der Waals surface area contributed by atoms with Crippen molar-refractivity contribution in [3.8, 4) is 5.69 Å². The smallest absolute Gasteiger partial charge is 0.282 e. The number of benzene rings is 1. The molecular weight excluding hydrogens is 349 g/mol. The first kappa shape index (κ1) is 16.2. The predicted octanol–water partition coefficient (Wildman–Crippen LogP) is 2.40. The van der Waals surface area contributed by atoms with E-state index in [0.717, 1.165) is 16.5 Å². The van der Waals surface area contributed by atoms with Crippen LogP contribution < -0.4 is 5.56 Å². The number of fused-ring (bicyclic) bond motifs is 3. The van der Waals surface area contributed by atoms with Crippen LogP contribution in [0.1, 0.15) is 18.3 Å². The summed E-state index contributed by atoms with van der Waals surface area (Å²) in [5.41, 5.74) is 1.23. The van der Waals surface area contributed by atoms with Gasteiger partial charge in [-0.15, -0.1) is 15.3 Å². The van der Waals surface area contributed by atoms with Gasteiger partial charge >= 0.3 is 6.18 Å². The van der Waals surface area contributed by atoms with E-state index in [1.165, 1.54) is 16.8 Å². The summed E-state index contributed by atoms with van der Waals surface area (Å²) < 4.78 is 40.6. The van der Waals surface area contributed by atoms with Gasteiger partial charge in [-0.1, -0.05) is 19.1 Å². The van der Waals surface area contributed by atoms with Crippen LogP contribution in [0.4, 0.5) is 13.2 Å². The van der Waals surface area contributed by atoms with Crippen molar-refractivity contribution >= 4 is 16.8 Å². The molecule has 10 heteroatoms. The van der Waals surface area contributed by atoms with E-state index in [0.29, 0.717) is 5.69 Å². The molecule has 3 heterocycles. The molecule has 0 radical (unpaired) electrons. The van der Waals surface area contributed by atoms with E-state index in [1.807, 2.05) is 19.1 Å². The van der Waals surface area contributed by atoms with Crippen LogP contribution in [-0.4, -0.2) is 29.4 Å². The van der Waals surface area contributed by atoms with E-state index in [-0.39, 0.29) is 16.8 Å². The highest BCUT2D eigenvalue weighted by Crippen LogP contribution is 2.26. The van der Waals surface area contributed by atoms with Crippen LogP contribution in [0.3, 0.4) is 0 Å². The van der Waals surface area contributed by atoms with Gasteiger partial charge in [0.2, 0.25) is 0 Å². The van der Waals surface area contributed by atoms with Gasteiger partial charge in [-0.25, -0.2) is 0 Å². The monoisotopic (exact) mass is 360 g/mol. The number of hydrogen-bond donors (Lipinski definition) is 0. The molecule has 0 saturated heterocycles. The molecule has 0 aliphatic heterocycles.